The van der Waals surface area contributed by atoms with Crippen LogP contribution in [0.15, 0.2) is 219 Å². The molecule has 0 fully saturated rings. The van der Waals surface area contributed by atoms with Crippen molar-refractivity contribution in [2.75, 3.05) is 14.7 Å². The Hall–Kier alpha value is -8.32. The van der Waals surface area contributed by atoms with Gasteiger partial charge in [-0.25, -0.2) is 13.8 Å². The molecule has 3 heterocycles. The number of hydrogen-bond donors (Lipinski definition) is 0. The van der Waals surface area contributed by atoms with Gasteiger partial charge in [-0.05, 0) is 106 Å². The maximum atomic E-state index is 14.5. The smallest absolute Gasteiger partial charge is 0.135 e. The van der Waals surface area contributed by atoms with Crippen LogP contribution in [0.3, 0.4) is 0 Å². The summed E-state index contributed by atoms with van der Waals surface area (Å²) in [4.78, 5) is 11.4. The largest absolute Gasteiger partial charge is 0.509 e. The van der Waals surface area contributed by atoms with Gasteiger partial charge in [-0.15, -0.1) is 42.4 Å². The first-order valence-electron chi connectivity index (χ1n) is 23.9. The Morgan fingerprint density at radius 3 is 1.75 bits per heavy atom. The third-order valence-corrected chi connectivity index (χ3v) is 13.2. The summed E-state index contributed by atoms with van der Waals surface area (Å²) in [5.74, 6) is 1.13. The Morgan fingerprint density at radius 2 is 1.12 bits per heavy atom. The van der Waals surface area contributed by atoms with E-state index in [1.807, 2.05) is 85.1 Å². The molecule has 0 N–H and O–H groups in total. The first-order chi connectivity index (χ1) is 35.1. The topological polar surface area (TPSA) is 36.8 Å². The Kier molecular flexibility index (Phi) is 12.5. The van der Waals surface area contributed by atoms with Gasteiger partial charge in [0.1, 0.15) is 17.5 Å². The van der Waals surface area contributed by atoms with E-state index in [1.165, 1.54) is 29.8 Å². The van der Waals surface area contributed by atoms with Gasteiger partial charge in [0.2, 0.25) is 0 Å². The predicted octanol–water partition coefficient (Wildman–Crippen LogP) is 17.4. The zero-order valence-electron chi connectivity index (χ0n) is 40.1. The number of rotatable bonds is 10. The average molecular weight is 1130 g/mol. The summed E-state index contributed by atoms with van der Waals surface area (Å²) >= 11 is 0. The van der Waals surface area contributed by atoms with E-state index in [-0.39, 0.29) is 38.1 Å². The number of para-hydroxylation sites is 6. The van der Waals surface area contributed by atoms with Crippen LogP contribution in [-0.4, -0.2) is 9.55 Å². The van der Waals surface area contributed by atoms with E-state index >= 15 is 0 Å². The minimum Gasteiger partial charge on any atom is -0.509 e. The van der Waals surface area contributed by atoms with Gasteiger partial charge in [0.15, 0.2) is 0 Å². The maximum absolute atomic E-state index is 14.5. The van der Waals surface area contributed by atoms with Crippen molar-refractivity contribution in [1.82, 2.24) is 9.55 Å². The molecular weight excluding hydrogens is 1090 g/mol. The molecule has 0 saturated carbocycles. The number of aromatic nitrogens is 2. The van der Waals surface area contributed by atoms with Gasteiger partial charge in [0.05, 0.1) is 0 Å². The van der Waals surface area contributed by atoms with Crippen LogP contribution in [0.1, 0.15) is 26.3 Å². The zero-order chi connectivity index (χ0) is 48.9. The molecule has 73 heavy (non-hydrogen) atoms. The van der Waals surface area contributed by atoms with Crippen LogP contribution in [0.4, 0.5) is 48.6 Å². The predicted molar refractivity (Wildman–Crippen MR) is 288 cm³/mol. The number of hydrogen-bond acceptors (Lipinski definition) is 5. The van der Waals surface area contributed by atoms with Gasteiger partial charge >= 0.3 is 0 Å². The van der Waals surface area contributed by atoms with E-state index < -0.39 is 0 Å². The molecule has 0 radical (unpaired) electrons. The van der Waals surface area contributed by atoms with E-state index in [9.17, 15) is 8.78 Å². The number of benzene rings is 9. The summed E-state index contributed by atoms with van der Waals surface area (Å²) in [5, 5.41) is 2.12. The molecule has 9 aromatic carbocycles. The molecule has 0 bridgehead atoms. The molecule has 0 amide bonds. The first kappa shape index (κ1) is 47.0. The number of fused-ring (bicyclic) bond motifs is 4. The van der Waals surface area contributed by atoms with Crippen molar-refractivity contribution in [1.29, 1.82) is 0 Å². The van der Waals surface area contributed by atoms with Gasteiger partial charge in [-0.3, -0.25) is 0 Å². The molecule has 360 valence electrons. The van der Waals surface area contributed by atoms with Gasteiger partial charge in [0, 0.05) is 83.8 Å². The second-order valence-electron chi connectivity index (χ2n) is 18.8. The van der Waals surface area contributed by atoms with Crippen molar-refractivity contribution in [3.63, 3.8) is 0 Å². The molecule has 6 nitrogen and oxygen atoms in total. The fourth-order valence-electron chi connectivity index (χ4n) is 9.74. The monoisotopic (exact) mass is 1130 g/mol. The molecule has 0 aliphatic carbocycles. The minimum absolute atomic E-state index is 0. The molecule has 0 atom stereocenters. The zero-order valence-corrected chi connectivity index (χ0v) is 42.4. The Morgan fingerprint density at radius 1 is 0.534 bits per heavy atom. The normalized spacial score (nSPS) is 12.2. The molecular formula is C64H46F2N5OPt-3. The van der Waals surface area contributed by atoms with Crippen LogP contribution in [0.25, 0.3) is 49.9 Å². The second kappa shape index (κ2) is 19.4. The number of halogens is 2. The van der Waals surface area contributed by atoms with Crippen LogP contribution >= 0.6 is 0 Å². The second-order valence-corrected chi connectivity index (χ2v) is 18.8. The summed E-state index contributed by atoms with van der Waals surface area (Å²) < 4.78 is 38.1. The molecule has 2 aromatic heterocycles. The van der Waals surface area contributed by atoms with Crippen molar-refractivity contribution >= 4 is 61.6 Å². The summed E-state index contributed by atoms with van der Waals surface area (Å²) in [5.41, 5.74) is 12.4. The van der Waals surface area contributed by atoms with Crippen molar-refractivity contribution < 1.29 is 34.6 Å². The van der Waals surface area contributed by atoms with Crippen molar-refractivity contribution in [3.05, 3.63) is 255 Å². The van der Waals surface area contributed by atoms with Crippen molar-refractivity contribution in [2.45, 2.75) is 26.2 Å². The van der Waals surface area contributed by atoms with Crippen molar-refractivity contribution in [3.8, 4) is 39.6 Å². The van der Waals surface area contributed by atoms with Crippen LogP contribution in [0, 0.1) is 30.4 Å². The third-order valence-electron chi connectivity index (χ3n) is 13.2. The molecule has 1 aliphatic rings. The number of anilines is 7. The van der Waals surface area contributed by atoms with Crippen LogP contribution < -0.4 is 19.4 Å². The van der Waals surface area contributed by atoms with Gasteiger partial charge in [-0.2, -0.15) is 6.07 Å². The number of pyridine rings is 1. The third kappa shape index (κ3) is 8.93. The fraction of sp³-hybridized carbons (Fsp3) is 0.0625. The van der Waals surface area contributed by atoms with E-state index in [1.54, 1.807) is 24.3 Å². The summed E-state index contributed by atoms with van der Waals surface area (Å²) in [6.45, 7) is 8.68. The maximum Gasteiger partial charge on any atom is 0.135 e. The van der Waals surface area contributed by atoms with Crippen LogP contribution in [0.2, 0.25) is 0 Å². The Balaban J connectivity index is 0.00000574. The fourth-order valence-corrected chi connectivity index (χ4v) is 9.74. The van der Waals surface area contributed by atoms with E-state index in [4.69, 9.17) is 9.72 Å². The Labute approximate surface area is 438 Å². The molecule has 0 saturated heterocycles. The quantitative estimate of drug-likeness (QED) is 0.128. The van der Waals surface area contributed by atoms with E-state index in [2.05, 4.69) is 144 Å². The first-order valence-corrected chi connectivity index (χ1v) is 23.9. The van der Waals surface area contributed by atoms with Gasteiger partial charge in [-0.1, -0.05) is 147 Å². The average Bonchev–Trinajstić information content (AvgIpc) is 3.95. The van der Waals surface area contributed by atoms with E-state index in [0.717, 1.165) is 84.0 Å². The summed E-state index contributed by atoms with van der Waals surface area (Å²) in [6.07, 6.45) is 1.88. The van der Waals surface area contributed by atoms with Crippen LogP contribution in [0.5, 0.6) is 11.5 Å². The summed E-state index contributed by atoms with van der Waals surface area (Å²) in [6, 6.07) is 76.0. The molecule has 9 heteroatoms. The van der Waals surface area contributed by atoms with Crippen molar-refractivity contribution in [2.24, 2.45) is 0 Å². The molecule has 0 unspecified atom stereocenters. The number of nitrogens with zero attached hydrogens (tertiary/aromatic N) is 5. The van der Waals surface area contributed by atoms with Gasteiger partial charge < -0.3 is 24.0 Å². The molecule has 0 spiro atoms. The van der Waals surface area contributed by atoms with Crippen LogP contribution in [-0.2, 0) is 26.5 Å². The molecule has 1 aliphatic heterocycles. The van der Waals surface area contributed by atoms with E-state index in [0.29, 0.717) is 17.2 Å². The SMILES string of the molecule is CC(C)(C)c1ccnc(-n2c3[c-]c(Oc4[c-]c(N5[CH-]N(c6c(-c7ccc(F)cc7)cccc6-c6ccc(F)cc6)c6ccccc65)cc(N(c5ccccc5)c5ccccc5)c4)ccc3c3ccccc32)c1.[Pt]. The standard InChI is InChI=1S/C64H46F2N5O.Pt/c1-64(2,3)45-35-36-67-62(37-45)71-58-22-11-10-19-56(58)57-34-33-52(41-61(57)71)72-53-39-50(38-51(40-53)70(48-15-6-4-7-16-48)49-17-8-5-9-18-49)68-42-69(60-24-13-12-23-59(60)68)63-54(43-25-29-46(65)30-26-43)20-14-21-55(63)44-27-31-47(66)32-28-44;/h4-38,40,42H,1-3H3;/q-3;. The van der Waals surface area contributed by atoms with Gasteiger partial charge in [0.25, 0.3) is 0 Å². The molecule has 12 rings (SSSR count). The summed E-state index contributed by atoms with van der Waals surface area (Å²) in [7, 11) is 0. The molecule has 11 aromatic rings. The number of ether oxygens (including phenoxy) is 1. The Bertz CT molecular complexity index is 3680. The minimum atomic E-state index is -0.324.